The number of hydrogen-bond acceptors (Lipinski definition) is 3. The van der Waals surface area contributed by atoms with Gasteiger partial charge in [-0.25, -0.2) is 4.39 Å². The molecule has 104 valence electrons. The second kappa shape index (κ2) is 4.41. The van der Waals surface area contributed by atoms with E-state index in [4.69, 9.17) is 0 Å². The quantitative estimate of drug-likeness (QED) is 0.856. The van der Waals surface area contributed by atoms with Crippen molar-refractivity contribution in [3.05, 3.63) is 72.0 Å². The number of allylic oxidation sites excluding steroid dienone is 2. The number of amides is 1. The summed E-state index contributed by atoms with van der Waals surface area (Å²) in [7, 11) is 0. The second-order valence-electron chi connectivity index (χ2n) is 5.10. The van der Waals surface area contributed by atoms with Crippen LogP contribution < -0.4 is 5.32 Å². The lowest BCUT2D eigenvalue weighted by molar-refractivity contribution is -0.128. The molecule has 0 aromatic heterocycles. The summed E-state index contributed by atoms with van der Waals surface area (Å²) in [6, 6.07) is 5.35. The topological polar surface area (TPSA) is 44.7 Å². The molecule has 1 N–H and O–H groups in total. The minimum absolute atomic E-state index is 0.0933. The molecule has 0 bridgehead atoms. The maximum Gasteiger partial charge on any atom is 0.256 e. The molecule has 3 aliphatic rings. The van der Waals surface area contributed by atoms with Gasteiger partial charge < -0.3 is 5.32 Å². The predicted molar refractivity (Wildman–Crippen MR) is 76.7 cm³/mol. The van der Waals surface area contributed by atoms with Crippen molar-refractivity contribution in [1.82, 2.24) is 10.2 Å². The van der Waals surface area contributed by atoms with Crippen molar-refractivity contribution in [2.45, 2.75) is 12.1 Å². The van der Waals surface area contributed by atoms with Crippen molar-refractivity contribution in [1.29, 1.82) is 0 Å². The Labute approximate surface area is 121 Å². The van der Waals surface area contributed by atoms with Gasteiger partial charge in [-0.2, -0.15) is 0 Å². The molecule has 21 heavy (non-hydrogen) atoms. The van der Waals surface area contributed by atoms with E-state index in [-0.39, 0.29) is 17.8 Å². The maximum atomic E-state index is 13.4. The number of nitrogens with zero attached hydrogens (tertiary/aromatic N) is 2. The van der Waals surface area contributed by atoms with Gasteiger partial charge in [-0.05, 0) is 23.8 Å². The fourth-order valence-corrected chi connectivity index (χ4v) is 2.83. The number of fused-ring (bicyclic) bond motifs is 3. The van der Waals surface area contributed by atoms with Crippen LogP contribution in [0.1, 0.15) is 11.6 Å². The first kappa shape index (κ1) is 12.1. The zero-order chi connectivity index (χ0) is 14.4. The maximum absolute atomic E-state index is 13.4. The van der Waals surface area contributed by atoms with Gasteiger partial charge in [0, 0.05) is 0 Å². The van der Waals surface area contributed by atoms with Crippen LogP contribution in [0.25, 0.3) is 0 Å². The molecule has 4 rings (SSSR count). The molecule has 1 aromatic rings. The summed E-state index contributed by atoms with van der Waals surface area (Å²) in [6.07, 6.45) is 9.26. The van der Waals surface area contributed by atoms with E-state index in [0.717, 1.165) is 5.71 Å². The van der Waals surface area contributed by atoms with Crippen LogP contribution in [0.2, 0.25) is 0 Å². The Kier molecular flexibility index (Phi) is 2.54. The number of carbonyl (C=O) groups excluding carboxylic acids is 1. The zero-order valence-corrected chi connectivity index (χ0v) is 11.0. The molecule has 1 aliphatic carbocycles. The molecule has 1 aromatic carbocycles. The number of aliphatic imine (C=N–C) groups is 1. The zero-order valence-electron chi connectivity index (χ0n) is 11.0. The molecule has 0 radical (unpaired) electrons. The average molecular weight is 281 g/mol. The first-order chi connectivity index (χ1) is 10.2. The fourth-order valence-electron chi connectivity index (χ4n) is 2.83. The van der Waals surface area contributed by atoms with Crippen LogP contribution in [0, 0.1) is 5.82 Å². The molecule has 2 heterocycles. The highest BCUT2D eigenvalue weighted by Gasteiger charge is 2.42. The van der Waals surface area contributed by atoms with Crippen LogP contribution in [0.3, 0.4) is 0 Å². The molecule has 4 nitrogen and oxygen atoms in total. The number of nitrogens with one attached hydrogen (secondary N) is 1. The third-order valence-electron chi connectivity index (χ3n) is 3.81. The number of halogens is 1. The minimum Gasteiger partial charge on any atom is -0.355 e. The summed E-state index contributed by atoms with van der Waals surface area (Å²) >= 11 is 0. The highest BCUT2D eigenvalue weighted by Crippen LogP contribution is 2.31. The molecule has 2 unspecified atom stereocenters. The molecule has 0 spiro atoms. The molecule has 0 saturated carbocycles. The Morgan fingerprint density at radius 3 is 3.05 bits per heavy atom. The Morgan fingerprint density at radius 1 is 1.29 bits per heavy atom. The molecule has 1 fully saturated rings. The summed E-state index contributed by atoms with van der Waals surface area (Å²) < 4.78 is 13.4. The summed E-state index contributed by atoms with van der Waals surface area (Å²) in [4.78, 5) is 18.7. The van der Waals surface area contributed by atoms with Gasteiger partial charge in [0.1, 0.15) is 17.7 Å². The smallest absolute Gasteiger partial charge is 0.256 e. The Hall–Kier alpha value is -2.69. The lowest BCUT2D eigenvalue weighted by atomic mass is 10.0. The normalized spacial score (nSPS) is 26.0. The van der Waals surface area contributed by atoms with E-state index in [1.807, 2.05) is 24.3 Å². The number of carbonyl (C=O) groups is 1. The van der Waals surface area contributed by atoms with Crippen molar-refractivity contribution >= 4 is 11.6 Å². The number of hydrogen-bond donors (Lipinski definition) is 1. The van der Waals surface area contributed by atoms with Gasteiger partial charge in [-0.15, -0.1) is 0 Å². The third kappa shape index (κ3) is 1.81. The summed E-state index contributed by atoms with van der Waals surface area (Å²) in [6.45, 7) is 0. The minimum atomic E-state index is -0.569. The number of benzene rings is 1. The Morgan fingerprint density at radius 2 is 2.19 bits per heavy atom. The van der Waals surface area contributed by atoms with Gasteiger partial charge in [0.05, 0.1) is 18.0 Å². The van der Waals surface area contributed by atoms with Crippen molar-refractivity contribution in [2.75, 3.05) is 0 Å². The van der Waals surface area contributed by atoms with Gasteiger partial charge in [-0.1, -0.05) is 30.4 Å². The molecule has 1 saturated heterocycles. The van der Waals surface area contributed by atoms with Crippen LogP contribution in [-0.2, 0) is 4.79 Å². The average Bonchev–Trinajstić information content (AvgIpc) is 2.85. The molecular formula is C16H12FN3O. The molecular weight excluding hydrogens is 269 g/mol. The largest absolute Gasteiger partial charge is 0.355 e. The summed E-state index contributed by atoms with van der Waals surface area (Å²) in [5.41, 5.74) is 1.45. The van der Waals surface area contributed by atoms with Crippen LogP contribution >= 0.6 is 0 Å². The summed E-state index contributed by atoms with van der Waals surface area (Å²) in [5.74, 6) is 0.213. The second-order valence-corrected chi connectivity index (χ2v) is 5.10. The van der Waals surface area contributed by atoms with Gasteiger partial charge in [0.2, 0.25) is 0 Å². The van der Waals surface area contributed by atoms with Gasteiger partial charge in [0.15, 0.2) is 0 Å². The molecule has 2 atom stereocenters. The SMILES string of the molecule is O=C1C(c2cccc(F)c2)NC2=CN=C3C=CC=CC3N12. The highest BCUT2D eigenvalue weighted by molar-refractivity contribution is 6.06. The van der Waals surface area contributed by atoms with E-state index in [0.29, 0.717) is 11.4 Å². The first-order valence-electron chi connectivity index (χ1n) is 6.72. The predicted octanol–water partition coefficient (Wildman–Crippen LogP) is 2.05. The van der Waals surface area contributed by atoms with E-state index in [1.165, 1.54) is 12.1 Å². The van der Waals surface area contributed by atoms with E-state index >= 15 is 0 Å². The monoisotopic (exact) mass is 281 g/mol. The van der Waals surface area contributed by atoms with Gasteiger partial charge >= 0.3 is 0 Å². The summed E-state index contributed by atoms with van der Waals surface area (Å²) in [5, 5.41) is 3.12. The van der Waals surface area contributed by atoms with Gasteiger partial charge in [0.25, 0.3) is 5.91 Å². The van der Waals surface area contributed by atoms with Crippen molar-refractivity contribution in [3.63, 3.8) is 0 Å². The third-order valence-corrected chi connectivity index (χ3v) is 3.81. The van der Waals surface area contributed by atoms with E-state index < -0.39 is 6.04 Å². The van der Waals surface area contributed by atoms with E-state index in [2.05, 4.69) is 10.3 Å². The Balaban J connectivity index is 1.71. The van der Waals surface area contributed by atoms with E-state index in [9.17, 15) is 9.18 Å². The molecule has 2 aliphatic heterocycles. The lowest BCUT2D eigenvalue weighted by Gasteiger charge is -2.29. The highest BCUT2D eigenvalue weighted by atomic mass is 19.1. The van der Waals surface area contributed by atoms with Crippen LogP contribution in [-0.4, -0.2) is 22.6 Å². The lowest BCUT2D eigenvalue weighted by Crippen LogP contribution is -2.42. The standard InChI is InChI=1S/C16H12FN3O/c17-11-5-3-4-10(8-11)15-16(21)20-13-7-2-1-6-12(13)18-9-14(20)19-15/h1-9,13,15,19H. The first-order valence-corrected chi connectivity index (χ1v) is 6.72. The van der Waals surface area contributed by atoms with Crippen LogP contribution in [0.5, 0.6) is 0 Å². The van der Waals surface area contributed by atoms with Gasteiger partial charge in [-0.3, -0.25) is 14.7 Å². The van der Waals surface area contributed by atoms with Crippen LogP contribution in [0.4, 0.5) is 4.39 Å². The van der Waals surface area contributed by atoms with Crippen molar-refractivity contribution < 1.29 is 9.18 Å². The fraction of sp³-hybridized carbons (Fsp3) is 0.125. The van der Waals surface area contributed by atoms with Crippen molar-refractivity contribution in [2.24, 2.45) is 4.99 Å². The number of rotatable bonds is 1. The van der Waals surface area contributed by atoms with E-state index in [1.54, 1.807) is 23.2 Å². The van der Waals surface area contributed by atoms with Crippen molar-refractivity contribution in [3.8, 4) is 0 Å². The Bertz CT molecular complexity index is 748. The molecule has 1 amide bonds. The molecule has 5 heteroatoms. The van der Waals surface area contributed by atoms with Crippen LogP contribution in [0.15, 0.2) is 65.6 Å².